The summed E-state index contributed by atoms with van der Waals surface area (Å²) in [4.78, 5) is 11.6. The smallest absolute Gasteiger partial charge is 0.365 e. The zero-order valence-electron chi connectivity index (χ0n) is 7.81. The highest BCUT2D eigenvalue weighted by molar-refractivity contribution is 7.11. The molecular weight excluding hydrogens is 269 g/mol. The fourth-order valence-electron chi connectivity index (χ4n) is 1.03. The Bertz CT molecular complexity index is 513. The standard InChI is InChI=1S/C10H5Cl2NO2S/c11-7-8(13-16-9(7)12)10(14)15-6-4-2-1-3-5-6/h1-5H. The van der Waals surface area contributed by atoms with Crippen LogP contribution in [0.15, 0.2) is 30.3 Å². The zero-order chi connectivity index (χ0) is 11.5. The Morgan fingerprint density at radius 3 is 2.50 bits per heavy atom. The molecule has 0 aliphatic carbocycles. The summed E-state index contributed by atoms with van der Waals surface area (Å²) < 4.78 is 9.15. The van der Waals surface area contributed by atoms with Gasteiger partial charge in [0.05, 0.1) is 0 Å². The number of nitrogens with zero attached hydrogens (tertiary/aromatic N) is 1. The van der Waals surface area contributed by atoms with Crippen LogP contribution in [0.25, 0.3) is 0 Å². The lowest BCUT2D eigenvalue weighted by molar-refractivity contribution is 0.0730. The van der Waals surface area contributed by atoms with E-state index in [2.05, 4.69) is 4.37 Å². The average molecular weight is 274 g/mol. The second-order valence-corrected chi connectivity index (χ2v) is 4.57. The van der Waals surface area contributed by atoms with Crippen LogP contribution in [0.1, 0.15) is 10.5 Å². The number of hydrogen-bond acceptors (Lipinski definition) is 4. The maximum atomic E-state index is 11.6. The lowest BCUT2D eigenvalue weighted by Gasteiger charge is -2.01. The van der Waals surface area contributed by atoms with Crippen LogP contribution in [0.5, 0.6) is 5.75 Å². The van der Waals surface area contributed by atoms with Crippen LogP contribution in [0, 0.1) is 0 Å². The lowest BCUT2D eigenvalue weighted by Crippen LogP contribution is -2.09. The molecule has 6 heteroatoms. The SMILES string of the molecule is O=C(Oc1ccccc1)c1nsc(Cl)c1Cl. The van der Waals surface area contributed by atoms with Crippen molar-refractivity contribution < 1.29 is 9.53 Å². The first-order chi connectivity index (χ1) is 7.68. The van der Waals surface area contributed by atoms with E-state index in [0.717, 1.165) is 11.5 Å². The molecule has 0 spiro atoms. The third-order valence-corrected chi connectivity index (χ3v) is 3.36. The summed E-state index contributed by atoms with van der Waals surface area (Å²) >= 11 is 12.4. The van der Waals surface area contributed by atoms with Crippen LogP contribution in [0.4, 0.5) is 0 Å². The van der Waals surface area contributed by atoms with Crippen LogP contribution in [0.3, 0.4) is 0 Å². The molecule has 1 aromatic heterocycles. The van der Waals surface area contributed by atoms with Gasteiger partial charge in [-0.25, -0.2) is 4.79 Å². The summed E-state index contributed by atoms with van der Waals surface area (Å²) in [6, 6.07) is 8.68. The molecule has 82 valence electrons. The quantitative estimate of drug-likeness (QED) is 0.619. The van der Waals surface area contributed by atoms with Gasteiger partial charge >= 0.3 is 5.97 Å². The summed E-state index contributed by atoms with van der Waals surface area (Å²) in [6.07, 6.45) is 0. The summed E-state index contributed by atoms with van der Waals surface area (Å²) in [5.41, 5.74) is 0.0421. The van der Waals surface area contributed by atoms with Crippen molar-refractivity contribution in [3.05, 3.63) is 45.4 Å². The van der Waals surface area contributed by atoms with E-state index in [1.165, 1.54) is 0 Å². The molecule has 0 N–H and O–H groups in total. The van der Waals surface area contributed by atoms with Crippen molar-refractivity contribution in [1.82, 2.24) is 4.37 Å². The zero-order valence-corrected chi connectivity index (χ0v) is 10.1. The number of carbonyl (C=O) groups excluding carboxylic acids is 1. The molecule has 0 saturated carbocycles. The molecule has 1 heterocycles. The molecule has 0 fully saturated rings. The monoisotopic (exact) mass is 273 g/mol. The Balaban J connectivity index is 2.18. The van der Waals surface area contributed by atoms with E-state index in [1.54, 1.807) is 24.3 Å². The van der Waals surface area contributed by atoms with Crippen molar-refractivity contribution in [3.8, 4) is 5.75 Å². The molecule has 16 heavy (non-hydrogen) atoms. The van der Waals surface area contributed by atoms with E-state index in [1.807, 2.05) is 6.07 Å². The summed E-state index contributed by atoms with van der Waals surface area (Å²) in [7, 11) is 0. The minimum absolute atomic E-state index is 0.0421. The second-order valence-electron chi connectivity index (χ2n) is 2.82. The molecule has 0 atom stereocenters. The number of halogens is 2. The first kappa shape index (κ1) is 11.4. The lowest BCUT2D eigenvalue weighted by atomic mass is 10.3. The molecule has 0 bridgehead atoms. The van der Waals surface area contributed by atoms with E-state index in [-0.39, 0.29) is 15.1 Å². The number of carbonyl (C=O) groups is 1. The van der Waals surface area contributed by atoms with Gasteiger partial charge in [0.2, 0.25) is 0 Å². The highest BCUT2D eigenvalue weighted by atomic mass is 35.5. The van der Waals surface area contributed by atoms with Gasteiger partial charge in [-0.3, -0.25) is 0 Å². The fourth-order valence-corrected chi connectivity index (χ4v) is 2.01. The predicted octanol–water partition coefficient (Wildman–Crippen LogP) is 3.67. The van der Waals surface area contributed by atoms with Gasteiger partial charge in [-0.05, 0) is 23.7 Å². The van der Waals surface area contributed by atoms with Crippen molar-refractivity contribution in [2.24, 2.45) is 0 Å². The number of ether oxygens (including phenoxy) is 1. The number of benzene rings is 1. The molecule has 0 radical (unpaired) electrons. The number of aromatic nitrogens is 1. The molecule has 2 aromatic rings. The Hall–Kier alpha value is -1.10. The number of esters is 1. The highest BCUT2D eigenvalue weighted by Crippen LogP contribution is 2.30. The Labute approximate surface area is 106 Å². The van der Waals surface area contributed by atoms with Crippen LogP contribution in [-0.4, -0.2) is 10.3 Å². The second kappa shape index (κ2) is 4.82. The van der Waals surface area contributed by atoms with Crippen molar-refractivity contribution in [3.63, 3.8) is 0 Å². The van der Waals surface area contributed by atoms with Gasteiger partial charge in [0.15, 0.2) is 5.69 Å². The van der Waals surface area contributed by atoms with Gasteiger partial charge in [0.1, 0.15) is 15.1 Å². The molecule has 0 unspecified atom stereocenters. The fraction of sp³-hybridized carbons (Fsp3) is 0. The summed E-state index contributed by atoms with van der Waals surface area (Å²) in [5.74, 6) is -0.174. The van der Waals surface area contributed by atoms with Crippen molar-refractivity contribution >= 4 is 40.7 Å². The molecule has 0 aliphatic heterocycles. The van der Waals surface area contributed by atoms with Crippen LogP contribution in [0.2, 0.25) is 9.36 Å². The van der Waals surface area contributed by atoms with Gasteiger partial charge in [-0.1, -0.05) is 41.4 Å². The third-order valence-electron chi connectivity index (χ3n) is 1.74. The maximum Gasteiger partial charge on any atom is 0.365 e. The molecular formula is C10H5Cl2NO2S. The molecule has 2 rings (SSSR count). The van der Waals surface area contributed by atoms with E-state index in [9.17, 15) is 4.79 Å². The van der Waals surface area contributed by atoms with E-state index in [0.29, 0.717) is 5.75 Å². The van der Waals surface area contributed by atoms with Crippen molar-refractivity contribution in [1.29, 1.82) is 0 Å². The Morgan fingerprint density at radius 1 is 1.25 bits per heavy atom. The maximum absolute atomic E-state index is 11.6. The number of para-hydroxylation sites is 1. The normalized spacial score (nSPS) is 10.1. The minimum atomic E-state index is -0.612. The molecule has 0 aliphatic rings. The predicted molar refractivity (Wildman–Crippen MR) is 63.5 cm³/mol. The van der Waals surface area contributed by atoms with Crippen molar-refractivity contribution in [2.75, 3.05) is 0 Å². The summed E-state index contributed by atoms with van der Waals surface area (Å²) in [6.45, 7) is 0. The van der Waals surface area contributed by atoms with Gasteiger partial charge in [0, 0.05) is 0 Å². The van der Waals surface area contributed by atoms with Crippen LogP contribution in [-0.2, 0) is 0 Å². The first-order valence-corrected chi connectivity index (χ1v) is 5.79. The average Bonchev–Trinajstić information content (AvgIpc) is 2.61. The van der Waals surface area contributed by atoms with Gasteiger partial charge in [0.25, 0.3) is 0 Å². The van der Waals surface area contributed by atoms with E-state index >= 15 is 0 Å². The Kier molecular flexibility index (Phi) is 3.43. The number of rotatable bonds is 2. The van der Waals surface area contributed by atoms with E-state index in [4.69, 9.17) is 27.9 Å². The Morgan fingerprint density at radius 2 is 1.94 bits per heavy atom. The topological polar surface area (TPSA) is 39.2 Å². The highest BCUT2D eigenvalue weighted by Gasteiger charge is 2.19. The molecule has 0 amide bonds. The van der Waals surface area contributed by atoms with E-state index < -0.39 is 5.97 Å². The third kappa shape index (κ3) is 2.35. The van der Waals surface area contributed by atoms with Crippen LogP contribution >= 0.6 is 34.7 Å². The van der Waals surface area contributed by atoms with Gasteiger partial charge in [-0.2, -0.15) is 4.37 Å². The molecule has 1 aromatic carbocycles. The number of hydrogen-bond donors (Lipinski definition) is 0. The largest absolute Gasteiger partial charge is 0.422 e. The van der Waals surface area contributed by atoms with Gasteiger partial charge < -0.3 is 4.74 Å². The van der Waals surface area contributed by atoms with Crippen molar-refractivity contribution in [2.45, 2.75) is 0 Å². The molecule has 3 nitrogen and oxygen atoms in total. The first-order valence-electron chi connectivity index (χ1n) is 4.26. The molecule has 0 saturated heterocycles. The van der Waals surface area contributed by atoms with Crippen LogP contribution < -0.4 is 4.74 Å². The van der Waals surface area contributed by atoms with Gasteiger partial charge in [-0.15, -0.1) is 0 Å². The minimum Gasteiger partial charge on any atom is -0.422 e. The summed E-state index contributed by atoms with van der Waals surface area (Å²) in [5, 5.41) is 0.132.